The lowest BCUT2D eigenvalue weighted by atomic mass is 10.1. The van der Waals surface area contributed by atoms with Gasteiger partial charge in [-0.3, -0.25) is 10.1 Å². The summed E-state index contributed by atoms with van der Waals surface area (Å²) in [4.78, 5) is 19.2. The molecule has 0 spiro atoms. The molecule has 138 valence electrons. The smallest absolute Gasteiger partial charge is 0.353 e. The van der Waals surface area contributed by atoms with Gasteiger partial charge in [-0.25, -0.2) is 9.97 Å². The number of benzene rings is 2. The molecule has 0 amide bonds. The van der Waals surface area contributed by atoms with E-state index < -0.39 is 4.92 Å². The van der Waals surface area contributed by atoms with Gasteiger partial charge >= 0.3 is 5.69 Å². The average Bonchev–Trinajstić information content (AvgIpc) is 2.66. The van der Waals surface area contributed by atoms with Crippen LogP contribution >= 0.6 is 11.6 Å². The lowest BCUT2D eigenvalue weighted by Gasteiger charge is -2.12. The fourth-order valence-electron chi connectivity index (χ4n) is 2.61. The van der Waals surface area contributed by atoms with Crippen LogP contribution in [0.2, 0.25) is 5.02 Å². The summed E-state index contributed by atoms with van der Waals surface area (Å²) in [5, 5.41) is 18.2. The first-order valence-electron chi connectivity index (χ1n) is 8.35. The molecule has 2 aromatic carbocycles. The van der Waals surface area contributed by atoms with Crippen LogP contribution in [-0.2, 0) is 6.42 Å². The second-order valence-corrected chi connectivity index (χ2v) is 6.28. The lowest BCUT2D eigenvalue weighted by molar-refractivity contribution is -0.383. The number of nitrogens with zero attached hydrogens (tertiary/aromatic N) is 3. The second kappa shape index (κ2) is 8.46. The minimum absolute atomic E-state index is 0.113. The highest BCUT2D eigenvalue weighted by molar-refractivity contribution is 6.31. The van der Waals surface area contributed by atoms with E-state index in [1.54, 1.807) is 18.2 Å². The number of rotatable bonds is 7. The molecule has 1 heterocycles. The molecule has 0 saturated heterocycles. The highest BCUT2D eigenvalue weighted by atomic mass is 35.5. The largest absolute Gasteiger partial charge is 0.364 e. The van der Waals surface area contributed by atoms with Crippen molar-refractivity contribution in [2.75, 3.05) is 17.2 Å². The first-order valence-corrected chi connectivity index (χ1v) is 8.73. The normalized spacial score (nSPS) is 10.4. The number of halogens is 1. The van der Waals surface area contributed by atoms with Gasteiger partial charge in [0.1, 0.15) is 6.33 Å². The Morgan fingerprint density at radius 2 is 1.81 bits per heavy atom. The van der Waals surface area contributed by atoms with Crippen molar-refractivity contribution in [2.45, 2.75) is 13.3 Å². The molecule has 3 rings (SSSR count). The highest BCUT2D eigenvalue weighted by Crippen LogP contribution is 2.33. The van der Waals surface area contributed by atoms with Crippen LogP contribution in [0, 0.1) is 17.0 Å². The van der Waals surface area contributed by atoms with Crippen molar-refractivity contribution in [1.29, 1.82) is 0 Å². The van der Waals surface area contributed by atoms with E-state index in [-0.39, 0.29) is 17.3 Å². The summed E-state index contributed by atoms with van der Waals surface area (Å²) in [7, 11) is 0. The first kappa shape index (κ1) is 18.6. The Kier molecular flexibility index (Phi) is 5.83. The molecule has 0 fully saturated rings. The average molecular weight is 384 g/mol. The van der Waals surface area contributed by atoms with Gasteiger partial charge in [0, 0.05) is 17.3 Å². The van der Waals surface area contributed by atoms with E-state index in [0.717, 1.165) is 17.5 Å². The molecule has 0 saturated carbocycles. The molecule has 0 unspecified atom stereocenters. The number of hydrogen-bond acceptors (Lipinski definition) is 6. The van der Waals surface area contributed by atoms with Crippen LogP contribution in [0.4, 0.5) is 23.0 Å². The van der Waals surface area contributed by atoms with Gasteiger partial charge < -0.3 is 10.6 Å². The van der Waals surface area contributed by atoms with Gasteiger partial charge in [-0.1, -0.05) is 48.0 Å². The summed E-state index contributed by atoms with van der Waals surface area (Å²) in [6.07, 6.45) is 2.01. The van der Waals surface area contributed by atoms with Crippen molar-refractivity contribution in [1.82, 2.24) is 9.97 Å². The van der Waals surface area contributed by atoms with E-state index in [9.17, 15) is 10.1 Å². The Morgan fingerprint density at radius 3 is 2.56 bits per heavy atom. The van der Waals surface area contributed by atoms with Crippen LogP contribution in [-0.4, -0.2) is 21.4 Å². The second-order valence-electron chi connectivity index (χ2n) is 5.88. The topological polar surface area (TPSA) is 93.0 Å². The van der Waals surface area contributed by atoms with E-state index >= 15 is 0 Å². The van der Waals surface area contributed by atoms with Crippen LogP contribution in [0.5, 0.6) is 0 Å². The molecule has 0 bridgehead atoms. The summed E-state index contributed by atoms with van der Waals surface area (Å²) in [6.45, 7) is 2.34. The molecule has 2 N–H and O–H groups in total. The zero-order valence-corrected chi connectivity index (χ0v) is 15.4. The zero-order chi connectivity index (χ0) is 19.2. The van der Waals surface area contributed by atoms with Gasteiger partial charge in [0.15, 0.2) is 0 Å². The Labute approximate surface area is 161 Å². The van der Waals surface area contributed by atoms with Crippen LogP contribution in [0.25, 0.3) is 0 Å². The fourth-order valence-corrected chi connectivity index (χ4v) is 2.79. The van der Waals surface area contributed by atoms with Crippen molar-refractivity contribution in [3.05, 3.63) is 81.1 Å². The molecule has 0 radical (unpaired) electrons. The van der Waals surface area contributed by atoms with E-state index in [4.69, 9.17) is 11.6 Å². The fraction of sp³-hybridized carbons (Fsp3) is 0.158. The third-order valence-corrected chi connectivity index (χ3v) is 4.48. The van der Waals surface area contributed by atoms with Gasteiger partial charge in [0.25, 0.3) is 0 Å². The summed E-state index contributed by atoms with van der Waals surface area (Å²) in [6, 6.07) is 15.2. The molecule has 7 nitrogen and oxygen atoms in total. The molecule has 27 heavy (non-hydrogen) atoms. The van der Waals surface area contributed by atoms with Crippen LogP contribution in [0.15, 0.2) is 54.9 Å². The van der Waals surface area contributed by atoms with E-state index in [0.29, 0.717) is 17.3 Å². The quantitative estimate of drug-likeness (QED) is 0.452. The summed E-state index contributed by atoms with van der Waals surface area (Å²) in [5.41, 5.74) is 2.37. The number of anilines is 3. The van der Waals surface area contributed by atoms with E-state index in [1.807, 2.05) is 37.3 Å². The van der Waals surface area contributed by atoms with Gasteiger partial charge in [0.05, 0.1) is 4.92 Å². The molecule has 0 aliphatic carbocycles. The molecule has 1 aromatic heterocycles. The zero-order valence-electron chi connectivity index (χ0n) is 14.6. The minimum atomic E-state index is -0.493. The molecule has 0 aliphatic rings. The van der Waals surface area contributed by atoms with Crippen LogP contribution in [0.3, 0.4) is 0 Å². The summed E-state index contributed by atoms with van der Waals surface area (Å²) >= 11 is 6.12. The van der Waals surface area contributed by atoms with E-state index in [1.165, 1.54) is 6.33 Å². The number of hydrogen-bond donors (Lipinski definition) is 2. The monoisotopic (exact) mass is 383 g/mol. The van der Waals surface area contributed by atoms with Crippen LogP contribution in [0.1, 0.15) is 11.1 Å². The SMILES string of the molecule is Cc1c(Cl)cccc1Nc1ncnc(NCCc2ccccc2)c1[N+](=O)[O-]. The Morgan fingerprint density at radius 1 is 1.07 bits per heavy atom. The maximum Gasteiger partial charge on any atom is 0.353 e. The molecule has 0 atom stereocenters. The number of nitro groups is 1. The predicted molar refractivity (Wildman–Crippen MR) is 107 cm³/mol. The third kappa shape index (κ3) is 4.51. The molecule has 8 heteroatoms. The molecular formula is C19H18ClN5O2. The maximum atomic E-state index is 11.6. The highest BCUT2D eigenvalue weighted by Gasteiger charge is 2.23. The molecule has 0 aliphatic heterocycles. The molecule has 3 aromatic rings. The van der Waals surface area contributed by atoms with Crippen LogP contribution < -0.4 is 10.6 Å². The van der Waals surface area contributed by atoms with Crippen molar-refractivity contribution in [2.24, 2.45) is 0 Å². The number of nitrogens with one attached hydrogen (secondary N) is 2. The third-order valence-electron chi connectivity index (χ3n) is 4.07. The van der Waals surface area contributed by atoms with Gasteiger partial charge in [0.2, 0.25) is 11.6 Å². The lowest BCUT2D eigenvalue weighted by Crippen LogP contribution is -2.11. The molecular weight excluding hydrogens is 366 g/mol. The summed E-state index contributed by atoms with van der Waals surface area (Å²) in [5.74, 6) is 0.288. The Hall–Kier alpha value is -3.19. The van der Waals surface area contributed by atoms with Crippen molar-refractivity contribution < 1.29 is 4.92 Å². The van der Waals surface area contributed by atoms with Gasteiger partial charge in [-0.15, -0.1) is 0 Å². The maximum absolute atomic E-state index is 11.6. The predicted octanol–water partition coefficient (Wildman–Crippen LogP) is 4.74. The van der Waals surface area contributed by atoms with Crippen molar-refractivity contribution in [3.8, 4) is 0 Å². The van der Waals surface area contributed by atoms with Gasteiger partial charge in [-0.2, -0.15) is 0 Å². The summed E-state index contributed by atoms with van der Waals surface area (Å²) < 4.78 is 0. The Balaban J connectivity index is 1.82. The van der Waals surface area contributed by atoms with E-state index in [2.05, 4.69) is 20.6 Å². The van der Waals surface area contributed by atoms with Gasteiger partial charge in [-0.05, 0) is 36.6 Å². The Bertz CT molecular complexity index is 950. The van der Waals surface area contributed by atoms with Crippen molar-refractivity contribution >= 4 is 34.6 Å². The minimum Gasteiger partial charge on any atom is -0.364 e. The van der Waals surface area contributed by atoms with Crippen molar-refractivity contribution in [3.63, 3.8) is 0 Å². The first-order chi connectivity index (χ1) is 13.1. The standard InChI is InChI=1S/C19H18ClN5O2/c1-13-15(20)8-5-9-16(13)24-19-17(25(26)27)18(22-12-23-19)21-11-10-14-6-3-2-4-7-14/h2-9,12H,10-11H2,1H3,(H2,21,22,23,24). The number of aromatic nitrogens is 2.